The standard InChI is InChI=1S/C13H15NO3S/c1-9-7-18-8-11(9)4-14-5-12-3-10(6-17-12)13(15)16-2/h3,6-8,14H,4-5H2,1-2H3. The van der Waals surface area contributed by atoms with Crippen molar-refractivity contribution in [2.24, 2.45) is 0 Å². The zero-order valence-corrected chi connectivity index (χ0v) is 11.2. The zero-order valence-electron chi connectivity index (χ0n) is 10.4. The van der Waals surface area contributed by atoms with Gasteiger partial charge in [-0.05, 0) is 34.9 Å². The lowest BCUT2D eigenvalue weighted by molar-refractivity contribution is 0.0600. The molecular formula is C13H15NO3S. The van der Waals surface area contributed by atoms with Crippen LogP contribution in [0, 0.1) is 6.92 Å². The number of hydrogen-bond donors (Lipinski definition) is 1. The Morgan fingerprint density at radius 1 is 1.44 bits per heavy atom. The second kappa shape index (κ2) is 5.84. The highest BCUT2D eigenvalue weighted by Crippen LogP contribution is 2.14. The van der Waals surface area contributed by atoms with Gasteiger partial charge in [-0.1, -0.05) is 0 Å². The van der Waals surface area contributed by atoms with Gasteiger partial charge in [-0.15, -0.1) is 0 Å². The third kappa shape index (κ3) is 3.00. The average Bonchev–Trinajstić information content (AvgIpc) is 2.99. The fraction of sp³-hybridized carbons (Fsp3) is 0.308. The molecule has 0 bridgehead atoms. The van der Waals surface area contributed by atoms with Crippen LogP contribution in [0.15, 0.2) is 27.5 Å². The summed E-state index contributed by atoms with van der Waals surface area (Å²) >= 11 is 1.70. The second-order valence-electron chi connectivity index (χ2n) is 3.98. The van der Waals surface area contributed by atoms with Crippen LogP contribution in [0.5, 0.6) is 0 Å². The first-order valence-corrected chi connectivity index (χ1v) is 6.53. The Labute approximate surface area is 110 Å². The Kier molecular flexibility index (Phi) is 4.17. The second-order valence-corrected chi connectivity index (χ2v) is 4.72. The highest BCUT2D eigenvalue weighted by Gasteiger charge is 2.09. The molecular weight excluding hydrogens is 250 g/mol. The van der Waals surface area contributed by atoms with Gasteiger partial charge in [0, 0.05) is 6.54 Å². The van der Waals surface area contributed by atoms with Crippen molar-refractivity contribution in [3.8, 4) is 0 Å². The van der Waals surface area contributed by atoms with E-state index in [-0.39, 0.29) is 5.97 Å². The van der Waals surface area contributed by atoms with Crippen molar-refractivity contribution in [3.05, 3.63) is 45.5 Å². The minimum atomic E-state index is -0.376. The smallest absolute Gasteiger partial charge is 0.341 e. The average molecular weight is 265 g/mol. The van der Waals surface area contributed by atoms with E-state index in [1.165, 1.54) is 24.5 Å². The molecule has 5 heteroatoms. The van der Waals surface area contributed by atoms with Crippen LogP contribution in [-0.4, -0.2) is 13.1 Å². The number of carbonyl (C=O) groups excluding carboxylic acids is 1. The van der Waals surface area contributed by atoms with E-state index in [9.17, 15) is 4.79 Å². The number of ether oxygens (including phenoxy) is 1. The van der Waals surface area contributed by atoms with Crippen LogP contribution in [-0.2, 0) is 17.8 Å². The summed E-state index contributed by atoms with van der Waals surface area (Å²) in [5.41, 5.74) is 3.03. The fourth-order valence-corrected chi connectivity index (χ4v) is 2.44. The lowest BCUT2D eigenvalue weighted by atomic mass is 10.2. The quantitative estimate of drug-likeness (QED) is 0.845. The molecule has 2 aromatic rings. The summed E-state index contributed by atoms with van der Waals surface area (Å²) in [4.78, 5) is 11.2. The summed E-state index contributed by atoms with van der Waals surface area (Å²) in [5, 5.41) is 7.53. The fourth-order valence-electron chi connectivity index (χ4n) is 1.59. The number of nitrogens with one attached hydrogen (secondary N) is 1. The van der Waals surface area contributed by atoms with Gasteiger partial charge in [-0.25, -0.2) is 4.79 Å². The first-order chi connectivity index (χ1) is 8.70. The number of thiophene rings is 1. The largest absolute Gasteiger partial charge is 0.467 e. The van der Waals surface area contributed by atoms with Gasteiger partial charge < -0.3 is 14.5 Å². The summed E-state index contributed by atoms with van der Waals surface area (Å²) in [7, 11) is 1.35. The van der Waals surface area contributed by atoms with Crippen molar-refractivity contribution < 1.29 is 13.9 Å². The highest BCUT2D eigenvalue weighted by molar-refractivity contribution is 7.08. The SMILES string of the molecule is COC(=O)c1coc(CNCc2cscc2C)c1. The van der Waals surface area contributed by atoms with Crippen LogP contribution in [0.4, 0.5) is 0 Å². The van der Waals surface area contributed by atoms with Crippen LogP contribution < -0.4 is 5.32 Å². The number of aryl methyl sites for hydroxylation is 1. The van der Waals surface area contributed by atoms with Gasteiger partial charge in [-0.2, -0.15) is 11.3 Å². The maximum absolute atomic E-state index is 11.2. The maximum Gasteiger partial charge on any atom is 0.341 e. The molecule has 2 rings (SSSR count). The van der Waals surface area contributed by atoms with Gasteiger partial charge in [0.15, 0.2) is 0 Å². The maximum atomic E-state index is 11.2. The molecule has 0 aliphatic carbocycles. The number of methoxy groups -OCH3 is 1. The Morgan fingerprint density at radius 2 is 2.28 bits per heavy atom. The first kappa shape index (κ1) is 12.9. The minimum absolute atomic E-state index is 0.376. The van der Waals surface area contributed by atoms with Crippen molar-refractivity contribution in [2.45, 2.75) is 20.0 Å². The molecule has 2 aromatic heterocycles. The third-order valence-corrected chi connectivity index (χ3v) is 3.56. The van der Waals surface area contributed by atoms with Gasteiger partial charge in [0.2, 0.25) is 0 Å². The normalized spacial score (nSPS) is 10.6. The number of rotatable bonds is 5. The molecule has 4 nitrogen and oxygen atoms in total. The number of esters is 1. The van der Waals surface area contributed by atoms with E-state index in [2.05, 4.69) is 27.7 Å². The molecule has 0 unspecified atom stereocenters. The van der Waals surface area contributed by atoms with Crippen LogP contribution in [0.2, 0.25) is 0 Å². The van der Waals surface area contributed by atoms with Crippen molar-refractivity contribution in [1.29, 1.82) is 0 Å². The first-order valence-electron chi connectivity index (χ1n) is 5.59. The van der Waals surface area contributed by atoms with Gasteiger partial charge in [0.05, 0.1) is 19.2 Å². The third-order valence-electron chi connectivity index (χ3n) is 2.65. The van der Waals surface area contributed by atoms with Crippen LogP contribution >= 0.6 is 11.3 Å². The van der Waals surface area contributed by atoms with E-state index in [1.807, 2.05) is 0 Å². The van der Waals surface area contributed by atoms with Crippen molar-refractivity contribution in [2.75, 3.05) is 7.11 Å². The minimum Gasteiger partial charge on any atom is -0.467 e. The predicted octanol–water partition coefficient (Wildman–Crippen LogP) is 2.73. The summed E-state index contributed by atoms with van der Waals surface area (Å²) in [6.45, 7) is 3.48. The highest BCUT2D eigenvalue weighted by atomic mass is 32.1. The molecule has 2 heterocycles. The molecule has 0 aromatic carbocycles. The van der Waals surface area contributed by atoms with Crippen molar-refractivity contribution >= 4 is 17.3 Å². The van der Waals surface area contributed by atoms with Gasteiger partial charge in [0.25, 0.3) is 0 Å². The molecule has 18 heavy (non-hydrogen) atoms. The molecule has 1 N–H and O–H groups in total. The molecule has 0 atom stereocenters. The Morgan fingerprint density at radius 3 is 2.94 bits per heavy atom. The van der Waals surface area contributed by atoms with Crippen LogP contribution in [0.25, 0.3) is 0 Å². The topological polar surface area (TPSA) is 51.5 Å². The molecule has 0 saturated carbocycles. The summed E-state index contributed by atoms with van der Waals surface area (Å²) in [5.74, 6) is 0.349. The van der Waals surface area contributed by atoms with Crippen LogP contribution in [0.3, 0.4) is 0 Å². The summed E-state index contributed by atoms with van der Waals surface area (Å²) in [6, 6.07) is 1.69. The van der Waals surface area contributed by atoms with Crippen molar-refractivity contribution in [3.63, 3.8) is 0 Å². The lowest BCUT2D eigenvalue weighted by Gasteiger charge is -2.01. The molecule has 0 spiro atoms. The van der Waals surface area contributed by atoms with Gasteiger partial charge in [-0.3, -0.25) is 0 Å². The van der Waals surface area contributed by atoms with E-state index in [1.54, 1.807) is 17.4 Å². The van der Waals surface area contributed by atoms with Crippen LogP contribution in [0.1, 0.15) is 27.2 Å². The van der Waals surface area contributed by atoms with E-state index >= 15 is 0 Å². The molecule has 0 aliphatic rings. The van der Waals surface area contributed by atoms with E-state index in [0.29, 0.717) is 12.1 Å². The molecule has 0 amide bonds. The Hall–Kier alpha value is -1.59. The Bertz CT molecular complexity index is 530. The van der Waals surface area contributed by atoms with Gasteiger partial charge in [0.1, 0.15) is 12.0 Å². The molecule has 0 saturated heterocycles. The Balaban J connectivity index is 1.85. The van der Waals surface area contributed by atoms with E-state index in [0.717, 1.165) is 12.3 Å². The number of furan rings is 1. The number of carbonyl (C=O) groups is 1. The molecule has 96 valence electrons. The van der Waals surface area contributed by atoms with Crippen molar-refractivity contribution in [1.82, 2.24) is 5.32 Å². The van der Waals surface area contributed by atoms with E-state index in [4.69, 9.17) is 4.42 Å². The molecule has 0 fully saturated rings. The molecule has 0 radical (unpaired) electrons. The van der Waals surface area contributed by atoms with E-state index < -0.39 is 0 Å². The number of hydrogen-bond acceptors (Lipinski definition) is 5. The van der Waals surface area contributed by atoms with Gasteiger partial charge >= 0.3 is 5.97 Å². The predicted molar refractivity (Wildman–Crippen MR) is 69.6 cm³/mol. The molecule has 0 aliphatic heterocycles. The lowest BCUT2D eigenvalue weighted by Crippen LogP contribution is -2.12. The summed E-state index contributed by atoms with van der Waals surface area (Å²) in [6.07, 6.45) is 1.42. The zero-order chi connectivity index (χ0) is 13.0. The monoisotopic (exact) mass is 265 g/mol. The summed E-state index contributed by atoms with van der Waals surface area (Å²) < 4.78 is 9.89.